The smallest absolute Gasteiger partial charge is 0.261 e. The van der Waals surface area contributed by atoms with Gasteiger partial charge < -0.3 is 9.67 Å². The Morgan fingerprint density at radius 2 is 1.82 bits per heavy atom. The summed E-state index contributed by atoms with van der Waals surface area (Å²) in [5, 5.41) is 10.7. The third-order valence-corrected chi connectivity index (χ3v) is 5.84. The lowest BCUT2D eigenvalue weighted by atomic mass is 9.94. The van der Waals surface area contributed by atoms with Crippen LogP contribution in [0.15, 0.2) is 48.7 Å². The van der Waals surface area contributed by atoms with E-state index in [1.54, 1.807) is 0 Å². The van der Waals surface area contributed by atoms with Crippen molar-refractivity contribution >= 4 is 10.9 Å². The molecule has 0 atom stereocenters. The molecule has 1 N–H and O–H groups in total. The third kappa shape index (κ3) is 3.69. The minimum Gasteiger partial charge on any atom is -0.392 e. The maximum atomic E-state index is 13.3. The molecule has 2 heterocycles. The number of aryl methyl sites for hydroxylation is 1. The van der Waals surface area contributed by atoms with Crippen LogP contribution in [0.5, 0.6) is 0 Å². The fourth-order valence-corrected chi connectivity index (χ4v) is 4.26. The highest BCUT2D eigenvalue weighted by molar-refractivity contribution is 5.96. The maximum absolute atomic E-state index is 13.3. The van der Waals surface area contributed by atoms with Gasteiger partial charge in [0.05, 0.1) is 13.2 Å². The number of nitrogens with zero attached hydrogens (tertiary/aromatic N) is 2. The van der Waals surface area contributed by atoms with E-state index in [2.05, 4.69) is 41.1 Å². The van der Waals surface area contributed by atoms with Crippen molar-refractivity contribution < 1.29 is 13.9 Å². The first kappa shape index (κ1) is 19.1. The molecule has 0 aliphatic carbocycles. The molecule has 1 saturated heterocycles. The number of aliphatic hydroxyl groups is 1. The summed E-state index contributed by atoms with van der Waals surface area (Å²) in [6, 6.07) is 14.4. The van der Waals surface area contributed by atoms with Gasteiger partial charge in [-0.05, 0) is 47.7 Å². The monoisotopic (exact) mass is 384 g/mol. The van der Waals surface area contributed by atoms with Gasteiger partial charge in [0.1, 0.15) is 0 Å². The first-order valence-corrected chi connectivity index (χ1v) is 9.86. The van der Waals surface area contributed by atoms with Gasteiger partial charge >= 0.3 is 0 Å². The van der Waals surface area contributed by atoms with E-state index in [0.29, 0.717) is 13.1 Å². The van der Waals surface area contributed by atoms with Crippen molar-refractivity contribution in [3.05, 3.63) is 59.8 Å². The summed E-state index contributed by atoms with van der Waals surface area (Å²) < 4.78 is 28.9. The molecule has 1 aliphatic heterocycles. The third-order valence-electron chi connectivity index (χ3n) is 5.84. The SMILES string of the molecule is Cc1c(CO)cccc1-c1cccc2c1ccn2CCCN1CCC(F)(F)C1. The lowest BCUT2D eigenvalue weighted by Crippen LogP contribution is -2.26. The van der Waals surface area contributed by atoms with Crippen LogP contribution in [0.25, 0.3) is 22.0 Å². The molecule has 1 fully saturated rings. The van der Waals surface area contributed by atoms with Crippen molar-refractivity contribution in [3.63, 3.8) is 0 Å². The van der Waals surface area contributed by atoms with E-state index >= 15 is 0 Å². The first-order chi connectivity index (χ1) is 13.5. The average Bonchev–Trinajstić information content (AvgIpc) is 3.25. The Morgan fingerprint density at radius 1 is 1.04 bits per heavy atom. The van der Waals surface area contributed by atoms with Crippen LogP contribution in [0.3, 0.4) is 0 Å². The number of aliphatic hydroxyl groups excluding tert-OH is 1. The fourth-order valence-electron chi connectivity index (χ4n) is 4.26. The molecule has 0 spiro atoms. The molecule has 3 nitrogen and oxygen atoms in total. The molecule has 1 aromatic heterocycles. The van der Waals surface area contributed by atoms with E-state index in [-0.39, 0.29) is 19.6 Å². The van der Waals surface area contributed by atoms with E-state index in [1.807, 2.05) is 24.0 Å². The Labute approximate surface area is 164 Å². The molecule has 0 bridgehead atoms. The second-order valence-electron chi connectivity index (χ2n) is 7.73. The molecule has 4 rings (SSSR count). The molecule has 0 amide bonds. The Kier molecular flexibility index (Phi) is 5.21. The summed E-state index contributed by atoms with van der Waals surface area (Å²) in [4.78, 5) is 1.86. The lowest BCUT2D eigenvalue weighted by molar-refractivity contribution is 0.0121. The fraction of sp³-hybridized carbons (Fsp3) is 0.391. The summed E-state index contributed by atoms with van der Waals surface area (Å²) in [6.07, 6.45) is 2.91. The quantitative estimate of drug-likeness (QED) is 0.659. The molecule has 0 saturated carbocycles. The minimum absolute atomic E-state index is 0.0188. The Balaban J connectivity index is 1.54. The van der Waals surface area contributed by atoms with Crippen molar-refractivity contribution in [2.24, 2.45) is 0 Å². The van der Waals surface area contributed by atoms with Gasteiger partial charge in [-0.2, -0.15) is 0 Å². The van der Waals surface area contributed by atoms with Gasteiger partial charge in [0.25, 0.3) is 5.92 Å². The van der Waals surface area contributed by atoms with E-state index in [4.69, 9.17) is 0 Å². The molecule has 148 valence electrons. The van der Waals surface area contributed by atoms with Crippen LogP contribution in [0.2, 0.25) is 0 Å². The highest BCUT2D eigenvalue weighted by Gasteiger charge is 2.37. The molecular formula is C23H26F2N2O. The molecule has 1 aliphatic rings. The summed E-state index contributed by atoms with van der Waals surface area (Å²) in [5.41, 5.74) is 5.48. The molecule has 5 heteroatoms. The maximum Gasteiger partial charge on any atom is 0.261 e. The van der Waals surface area contributed by atoms with Gasteiger partial charge in [0, 0.05) is 43.2 Å². The second-order valence-corrected chi connectivity index (χ2v) is 7.73. The predicted molar refractivity (Wildman–Crippen MR) is 109 cm³/mol. The van der Waals surface area contributed by atoms with Gasteiger partial charge in [-0.25, -0.2) is 8.78 Å². The number of likely N-dealkylation sites (tertiary alicyclic amines) is 1. The number of rotatable bonds is 6. The van der Waals surface area contributed by atoms with Gasteiger partial charge in [0.15, 0.2) is 0 Å². The number of alkyl halides is 2. The topological polar surface area (TPSA) is 28.4 Å². The number of fused-ring (bicyclic) bond motifs is 1. The zero-order valence-electron chi connectivity index (χ0n) is 16.2. The number of hydrogen-bond donors (Lipinski definition) is 1. The summed E-state index contributed by atoms with van der Waals surface area (Å²) in [7, 11) is 0. The number of halogens is 2. The summed E-state index contributed by atoms with van der Waals surface area (Å²) in [5.74, 6) is -2.52. The normalized spacial score (nSPS) is 16.9. The molecule has 3 aromatic rings. The van der Waals surface area contributed by atoms with Crippen LogP contribution < -0.4 is 0 Å². The first-order valence-electron chi connectivity index (χ1n) is 9.86. The van der Waals surface area contributed by atoms with E-state index in [1.165, 1.54) is 5.39 Å². The van der Waals surface area contributed by atoms with Crippen LogP contribution in [0.4, 0.5) is 8.78 Å². The van der Waals surface area contributed by atoms with Gasteiger partial charge in [-0.15, -0.1) is 0 Å². The zero-order valence-corrected chi connectivity index (χ0v) is 16.2. The van der Waals surface area contributed by atoms with E-state index in [9.17, 15) is 13.9 Å². The molecule has 2 aromatic carbocycles. The lowest BCUT2D eigenvalue weighted by Gasteiger charge is -2.16. The van der Waals surface area contributed by atoms with Gasteiger partial charge in [-0.1, -0.05) is 30.3 Å². The minimum atomic E-state index is -2.52. The Bertz CT molecular complexity index is 980. The van der Waals surface area contributed by atoms with Crippen LogP contribution in [-0.2, 0) is 13.2 Å². The van der Waals surface area contributed by atoms with Gasteiger partial charge in [0.2, 0.25) is 0 Å². The van der Waals surface area contributed by atoms with Crippen LogP contribution in [-0.4, -0.2) is 40.1 Å². The highest BCUT2D eigenvalue weighted by Crippen LogP contribution is 2.33. The predicted octanol–water partition coefficient (Wildman–Crippen LogP) is 4.84. The zero-order chi connectivity index (χ0) is 19.7. The highest BCUT2D eigenvalue weighted by atomic mass is 19.3. The summed E-state index contributed by atoms with van der Waals surface area (Å²) >= 11 is 0. The second kappa shape index (κ2) is 7.64. The van der Waals surface area contributed by atoms with Gasteiger partial charge in [-0.3, -0.25) is 4.90 Å². The van der Waals surface area contributed by atoms with E-state index in [0.717, 1.165) is 40.7 Å². The van der Waals surface area contributed by atoms with Crippen molar-refractivity contribution in [1.29, 1.82) is 0 Å². The summed E-state index contributed by atoms with van der Waals surface area (Å²) in [6.45, 7) is 3.97. The largest absolute Gasteiger partial charge is 0.392 e. The van der Waals surface area contributed by atoms with Crippen molar-refractivity contribution in [2.45, 2.75) is 38.8 Å². The average molecular weight is 384 g/mol. The molecule has 0 unspecified atom stereocenters. The van der Waals surface area contributed by atoms with E-state index < -0.39 is 5.92 Å². The van der Waals surface area contributed by atoms with Crippen molar-refractivity contribution in [2.75, 3.05) is 19.6 Å². The van der Waals surface area contributed by atoms with Crippen LogP contribution in [0, 0.1) is 6.92 Å². The standard InChI is InChI=1S/C23H26F2N2O/c1-17-18(15-28)5-2-6-19(17)20-7-3-8-22-21(20)9-13-27(22)12-4-11-26-14-10-23(24,25)16-26/h2-3,5-9,13,28H,4,10-12,14-16H2,1H3. The number of aromatic nitrogens is 1. The molecular weight excluding hydrogens is 358 g/mol. The Hall–Kier alpha value is -2.24. The van der Waals surface area contributed by atoms with Crippen LogP contribution in [0.1, 0.15) is 24.0 Å². The van der Waals surface area contributed by atoms with Crippen molar-refractivity contribution in [3.8, 4) is 11.1 Å². The van der Waals surface area contributed by atoms with Crippen LogP contribution >= 0.6 is 0 Å². The number of hydrogen-bond acceptors (Lipinski definition) is 2. The molecule has 28 heavy (non-hydrogen) atoms. The molecule has 0 radical (unpaired) electrons. The van der Waals surface area contributed by atoms with Crippen molar-refractivity contribution in [1.82, 2.24) is 9.47 Å². The number of benzene rings is 2. The Morgan fingerprint density at radius 3 is 2.57 bits per heavy atom.